The molecule has 1 aliphatic rings. The van der Waals surface area contributed by atoms with E-state index >= 15 is 0 Å². The zero-order valence-corrected chi connectivity index (χ0v) is 19.9. The van der Waals surface area contributed by atoms with Gasteiger partial charge in [-0.05, 0) is 38.1 Å². The zero-order valence-electron chi connectivity index (χ0n) is 19.9. The standard InChI is InChI=1S/C23H30N2O10/c1-23(2,31)22(30)15-4-6-16(7-5-15)33-10-11-35-21(29)13-19(27)25-14-17(25)24-18(26)12-20(28)34-9-8-32-3/h4-7,17,31H,8-14H2,1-3H3,(H,24,26). The zero-order chi connectivity index (χ0) is 26.0. The number of benzene rings is 1. The monoisotopic (exact) mass is 494 g/mol. The lowest BCUT2D eigenvalue weighted by Crippen LogP contribution is -2.33. The second kappa shape index (κ2) is 12.8. The molecule has 12 heteroatoms. The Kier molecular flexibility index (Phi) is 10.2. The molecular formula is C23H30N2O10. The fourth-order valence-electron chi connectivity index (χ4n) is 2.84. The molecule has 0 aromatic heterocycles. The highest BCUT2D eigenvalue weighted by molar-refractivity contribution is 6.01. The first-order valence-electron chi connectivity index (χ1n) is 10.9. The number of amides is 2. The molecule has 1 aromatic carbocycles. The van der Waals surface area contributed by atoms with Gasteiger partial charge in [-0.1, -0.05) is 0 Å². The van der Waals surface area contributed by atoms with E-state index < -0.39 is 54.1 Å². The quantitative estimate of drug-likeness (QED) is 0.117. The third-order valence-electron chi connectivity index (χ3n) is 4.70. The number of aliphatic hydroxyl groups is 1. The van der Waals surface area contributed by atoms with Crippen molar-refractivity contribution in [3.8, 4) is 5.75 Å². The lowest BCUT2D eigenvalue weighted by molar-refractivity contribution is -0.148. The Hall–Kier alpha value is -3.51. The third-order valence-corrected chi connectivity index (χ3v) is 4.70. The Morgan fingerprint density at radius 2 is 1.57 bits per heavy atom. The number of Topliss-reactive ketones (excluding diaryl/α,β-unsaturated/α-hetero) is 1. The van der Waals surface area contributed by atoms with E-state index in [4.69, 9.17) is 18.9 Å². The summed E-state index contributed by atoms with van der Waals surface area (Å²) in [6.07, 6.45) is -1.56. The molecule has 12 nitrogen and oxygen atoms in total. The van der Waals surface area contributed by atoms with Crippen LogP contribution in [0.15, 0.2) is 24.3 Å². The summed E-state index contributed by atoms with van der Waals surface area (Å²) in [6, 6.07) is 6.14. The Balaban J connectivity index is 1.61. The lowest BCUT2D eigenvalue weighted by Gasteiger charge is -2.15. The Bertz CT molecular complexity index is 923. The van der Waals surface area contributed by atoms with Crippen LogP contribution in [0.3, 0.4) is 0 Å². The van der Waals surface area contributed by atoms with Gasteiger partial charge in [0.15, 0.2) is 5.78 Å². The molecule has 2 amide bonds. The van der Waals surface area contributed by atoms with E-state index in [1.807, 2.05) is 0 Å². The molecule has 1 aromatic rings. The van der Waals surface area contributed by atoms with E-state index in [1.165, 1.54) is 38.0 Å². The van der Waals surface area contributed by atoms with Gasteiger partial charge >= 0.3 is 11.9 Å². The Morgan fingerprint density at radius 1 is 0.971 bits per heavy atom. The molecule has 0 saturated carbocycles. The number of nitrogens with one attached hydrogen (secondary N) is 1. The molecule has 2 N–H and O–H groups in total. The number of ketones is 1. The van der Waals surface area contributed by atoms with Gasteiger partial charge in [0.05, 0.1) is 13.2 Å². The summed E-state index contributed by atoms with van der Waals surface area (Å²) in [6.45, 7) is 3.23. The fraction of sp³-hybridized carbons (Fsp3) is 0.522. The van der Waals surface area contributed by atoms with Gasteiger partial charge in [-0.25, -0.2) is 0 Å². The molecule has 0 spiro atoms. The fourth-order valence-corrected chi connectivity index (χ4v) is 2.84. The van der Waals surface area contributed by atoms with Crippen LogP contribution >= 0.6 is 0 Å². The van der Waals surface area contributed by atoms with E-state index in [1.54, 1.807) is 12.1 Å². The summed E-state index contributed by atoms with van der Waals surface area (Å²) in [5.41, 5.74) is -1.14. The number of esters is 2. The largest absolute Gasteiger partial charge is 0.490 e. The number of carbonyl (C=O) groups excluding carboxylic acids is 5. The van der Waals surface area contributed by atoms with Crippen molar-refractivity contribution in [3.05, 3.63) is 29.8 Å². The van der Waals surface area contributed by atoms with Crippen molar-refractivity contribution in [1.82, 2.24) is 10.2 Å². The molecule has 2 rings (SSSR count). The second-order valence-electron chi connectivity index (χ2n) is 8.18. The third kappa shape index (κ3) is 9.71. The molecule has 192 valence electrons. The van der Waals surface area contributed by atoms with Crippen LogP contribution in [0.5, 0.6) is 5.75 Å². The summed E-state index contributed by atoms with van der Waals surface area (Å²) < 4.78 is 19.9. The van der Waals surface area contributed by atoms with Crippen molar-refractivity contribution >= 4 is 29.5 Å². The van der Waals surface area contributed by atoms with Crippen LogP contribution in [0.2, 0.25) is 0 Å². The van der Waals surface area contributed by atoms with E-state index in [2.05, 4.69) is 5.32 Å². The SMILES string of the molecule is COCCOC(=O)CC(=O)NC1CN1C(=O)CC(=O)OCCOc1ccc(C(=O)C(C)(C)O)cc1. The van der Waals surface area contributed by atoms with Gasteiger partial charge in [-0.15, -0.1) is 0 Å². The molecule has 1 aliphatic heterocycles. The van der Waals surface area contributed by atoms with Gasteiger partial charge in [-0.2, -0.15) is 0 Å². The first-order valence-corrected chi connectivity index (χ1v) is 10.9. The molecule has 1 atom stereocenters. The van der Waals surface area contributed by atoms with Crippen molar-refractivity contribution in [1.29, 1.82) is 0 Å². The van der Waals surface area contributed by atoms with Crippen molar-refractivity contribution in [2.24, 2.45) is 0 Å². The first-order chi connectivity index (χ1) is 16.5. The minimum atomic E-state index is -1.48. The van der Waals surface area contributed by atoms with Crippen LogP contribution in [0.4, 0.5) is 0 Å². The molecule has 1 fully saturated rings. The van der Waals surface area contributed by atoms with Crippen LogP contribution in [-0.4, -0.2) is 91.4 Å². The van der Waals surface area contributed by atoms with E-state index in [9.17, 15) is 29.1 Å². The average molecular weight is 494 g/mol. The van der Waals surface area contributed by atoms with Crippen molar-refractivity contribution in [3.63, 3.8) is 0 Å². The van der Waals surface area contributed by atoms with Crippen molar-refractivity contribution in [2.45, 2.75) is 38.5 Å². The van der Waals surface area contributed by atoms with Gasteiger partial charge in [0, 0.05) is 12.7 Å². The van der Waals surface area contributed by atoms with Crippen LogP contribution in [0.25, 0.3) is 0 Å². The number of ether oxygens (including phenoxy) is 4. The maximum absolute atomic E-state index is 12.1. The molecule has 1 saturated heterocycles. The van der Waals surface area contributed by atoms with Gasteiger partial charge in [0.2, 0.25) is 11.8 Å². The maximum Gasteiger partial charge on any atom is 0.315 e. The number of hydrogen-bond donors (Lipinski definition) is 2. The number of rotatable bonds is 14. The average Bonchev–Trinajstić information content (AvgIpc) is 3.55. The highest BCUT2D eigenvalue weighted by Crippen LogP contribution is 2.18. The topological polar surface area (TPSA) is 158 Å². The summed E-state index contributed by atoms with van der Waals surface area (Å²) in [5.74, 6) is -2.54. The van der Waals surface area contributed by atoms with Gasteiger partial charge in [-0.3, -0.25) is 24.0 Å². The van der Waals surface area contributed by atoms with Crippen LogP contribution in [-0.2, 0) is 33.4 Å². The van der Waals surface area contributed by atoms with E-state index in [0.717, 1.165) is 0 Å². The molecule has 0 aliphatic carbocycles. The number of nitrogens with zero attached hydrogens (tertiary/aromatic N) is 1. The van der Waals surface area contributed by atoms with Gasteiger partial charge < -0.3 is 34.3 Å². The smallest absolute Gasteiger partial charge is 0.315 e. The highest BCUT2D eigenvalue weighted by Gasteiger charge is 2.40. The predicted octanol–water partition coefficient (Wildman–Crippen LogP) is -0.183. The molecule has 0 bridgehead atoms. The molecule has 35 heavy (non-hydrogen) atoms. The first kappa shape index (κ1) is 27.7. The molecule has 1 unspecified atom stereocenters. The summed E-state index contributed by atoms with van der Waals surface area (Å²) in [7, 11) is 1.45. The number of methoxy groups -OCH3 is 1. The van der Waals surface area contributed by atoms with Crippen LogP contribution < -0.4 is 10.1 Å². The second-order valence-corrected chi connectivity index (χ2v) is 8.18. The summed E-state index contributed by atoms with van der Waals surface area (Å²) in [5, 5.41) is 12.3. The predicted molar refractivity (Wildman–Crippen MR) is 119 cm³/mol. The summed E-state index contributed by atoms with van der Waals surface area (Å²) >= 11 is 0. The van der Waals surface area contributed by atoms with Crippen LogP contribution in [0.1, 0.15) is 37.0 Å². The lowest BCUT2D eigenvalue weighted by atomic mass is 9.97. The summed E-state index contributed by atoms with van der Waals surface area (Å²) in [4.78, 5) is 60.5. The number of hydrogen-bond acceptors (Lipinski definition) is 10. The highest BCUT2D eigenvalue weighted by atomic mass is 16.6. The molecular weight excluding hydrogens is 464 g/mol. The van der Waals surface area contributed by atoms with Crippen LogP contribution in [0, 0.1) is 0 Å². The minimum absolute atomic E-state index is 0.0294. The number of carbonyl (C=O) groups is 5. The maximum atomic E-state index is 12.1. The van der Waals surface area contributed by atoms with Crippen molar-refractivity contribution < 1.29 is 48.0 Å². The molecule has 0 radical (unpaired) electrons. The van der Waals surface area contributed by atoms with Crippen molar-refractivity contribution in [2.75, 3.05) is 40.1 Å². The minimum Gasteiger partial charge on any atom is -0.490 e. The van der Waals surface area contributed by atoms with E-state index in [0.29, 0.717) is 11.3 Å². The Morgan fingerprint density at radius 3 is 2.17 bits per heavy atom. The normalized spacial score (nSPS) is 14.6. The van der Waals surface area contributed by atoms with Gasteiger partial charge in [0.25, 0.3) is 0 Å². The molecule has 1 heterocycles. The van der Waals surface area contributed by atoms with E-state index in [-0.39, 0.29) is 33.0 Å². The Labute approximate surface area is 202 Å². The van der Waals surface area contributed by atoms with Gasteiger partial charge in [0.1, 0.15) is 50.2 Å².